The lowest BCUT2D eigenvalue weighted by molar-refractivity contribution is 0.108. The largest absolute Gasteiger partial charge is 0.483 e. The zero-order valence-corrected chi connectivity index (χ0v) is 11.4. The van der Waals surface area contributed by atoms with Gasteiger partial charge in [0.15, 0.2) is 0 Å². The van der Waals surface area contributed by atoms with E-state index in [4.69, 9.17) is 4.74 Å². The van der Waals surface area contributed by atoms with E-state index in [9.17, 15) is 0 Å². The smallest absolute Gasteiger partial charge is 0.128 e. The number of hydrogen-bond donors (Lipinski definition) is 0. The predicted molar refractivity (Wildman–Crippen MR) is 72.0 cm³/mol. The van der Waals surface area contributed by atoms with Gasteiger partial charge in [-0.3, -0.25) is 4.98 Å². The van der Waals surface area contributed by atoms with E-state index in [1.807, 2.05) is 24.3 Å². The van der Waals surface area contributed by atoms with Gasteiger partial charge in [-0.05, 0) is 43.7 Å². The molecule has 1 heterocycles. The van der Waals surface area contributed by atoms with Gasteiger partial charge < -0.3 is 4.74 Å². The molecule has 0 aliphatic heterocycles. The Labute approximate surface area is 110 Å². The summed E-state index contributed by atoms with van der Waals surface area (Å²) in [7, 11) is 0. The van der Waals surface area contributed by atoms with Crippen LogP contribution in [0.5, 0.6) is 5.75 Å². The third-order valence-corrected chi connectivity index (χ3v) is 3.04. The van der Waals surface area contributed by atoms with Crippen LogP contribution in [0.25, 0.3) is 0 Å². The molecule has 0 aliphatic carbocycles. The summed E-state index contributed by atoms with van der Waals surface area (Å²) in [5.41, 5.74) is 0.759. The van der Waals surface area contributed by atoms with Crippen molar-refractivity contribution in [2.75, 3.05) is 0 Å². The van der Waals surface area contributed by atoms with Gasteiger partial charge in [-0.1, -0.05) is 28.1 Å². The number of rotatable bonds is 3. The van der Waals surface area contributed by atoms with E-state index in [2.05, 4.69) is 46.9 Å². The maximum absolute atomic E-state index is 5.98. The Morgan fingerprint density at radius 1 is 1.12 bits per heavy atom. The van der Waals surface area contributed by atoms with Crippen molar-refractivity contribution in [2.45, 2.75) is 19.4 Å². The third-order valence-electron chi connectivity index (χ3n) is 2.54. The first-order valence-electron chi connectivity index (χ1n) is 5.43. The Morgan fingerprint density at radius 3 is 2.47 bits per heavy atom. The molecule has 2 rings (SSSR count). The Kier molecular flexibility index (Phi) is 3.48. The lowest BCUT2D eigenvalue weighted by atomic mass is 9.98. The fourth-order valence-electron chi connectivity index (χ4n) is 1.62. The van der Waals surface area contributed by atoms with E-state index in [-0.39, 0.29) is 5.60 Å². The number of hydrogen-bond acceptors (Lipinski definition) is 2. The van der Waals surface area contributed by atoms with Crippen molar-refractivity contribution in [3.63, 3.8) is 0 Å². The van der Waals surface area contributed by atoms with Gasteiger partial charge in [-0.2, -0.15) is 0 Å². The molecule has 0 spiro atoms. The van der Waals surface area contributed by atoms with Crippen LogP contribution in [0.2, 0.25) is 0 Å². The van der Waals surface area contributed by atoms with Crippen molar-refractivity contribution in [2.24, 2.45) is 0 Å². The van der Waals surface area contributed by atoms with Crippen molar-refractivity contribution in [3.8, 4) is 5.75 Å². The minimum Gasteiger partial charge on any atom is -0.483 e. The molecule has 1 aromatic carbocycles. The normalized spacial score (nSPS) is 11.2. The molecule has 0 fully saturated rings. The average molecular weight is 292 g/mol. The van der Waals surface area contributed by atoms with E-state index < -0.39 is 0 Å². The monoisotopic (exact) mass is 291 g/mol. The second kappa shape index (κ2) is 4.88. The van der Waals surface area contributed by atoms with Crippen LogP contribution in [0.4, 0.5) is 0 Å². The van der Waals surface area contributed by atoms with Crippen LogP contribution in [0.3, 0.4) is 0 Å². The van der Waals surface area contributed by atoms with Gasteiger partial charge in [0.05, 0.1) is 0 Å². The van der Waals surface area contributed by atoms with E-state index in [0.29, 0.717) is 0 Å². The number of aromatic nitrogens is 1. The second-order valence-corrected chi connectivity index (χ2v) is 5.22. The first kappa shape index (κ1) is 12.1. The van der Waals surface area contributed by atoms with Crippen LogP contribution in [0, 0.1) is 0 Å². The molecule has 0 atom stereocenters. The van der Waals surface area contributed by atoms with Crippen LogP contribution in [-0.2, 0) is 5.60 Å². The second-order valence-electron chi connectivity index (χ2n) is 4.31. The molecule has 0 unspecified atom stereocenters. The van der Waals surface area contributed by atoms with Crippen LogP contribution < -0.4 is 4.74 Å². The van der Waals surface area contributed by atoms with Crippen molar-refractivity contribution in [3.05, 3.63) is 58.8 Å². The fraction of sp³-hybridized carbons (Fsp3) is 0.214. The number of halogens is 1. The summed E-state index contributed by atoms with van der Waals surface area (Å²) < 4.78 is 7.04. The molecule has 0 radical (unpaired) electrons. The van der Waals surface area contributed by atoms with E-state index in [1.165, 1.54) is 0 Å². The quantitative estimate of drug-likeness (QED) is 0.847. The Hall–Kier alpha value is -1.35. The van der Waals surface area contributed by atoms with Crippen molar-refractivity contribution in [1.82, 2.24) is 4.98 Å². The molecule has 2 nitrogen and oxygen atoms in total. The maximum atomic E-state index is 5.98. The van der Waals surface area contributed by atoms with Crippen LogP contribution in [0.15, 0.2) is 53.3 Å². The molecule has 0 saturated heterocycles. The molecular formula is C14H14BrNO. The van der Waals surface area contributed by atoms with Crippen molar-refractivity contribution < 1.29 is 4.74 Å². The lowest BCUT2D eigenvalue weighted by Gasteiger charge is -2.27. The number of pyridine rings is 1. The van der Waals surface area contributed by atoms with E-state index >= 15 is 0 Å². The summed E-state index contributed by atoms with van der Waals surface area (Å²) in [6.07, 6.45) is 3.46. The summed E-state index contributed by atoms with van der Waals surface area (Å²) in [5.74, 6) is 0.824. The zero-order valence-electron chi connectivity index (χ0n) is 9.85. The number of benzene rings is 1. The molecule has 88 valence electrons. The molecule has 0 saturated carbocycles. The van der Waals surface area contributed by atoms with Gasteiger partial charge in [-0.25, -0.2) is 0 Å². The summed E-state index contributed by atoms with van der Waals surface area (Å²) in [5, 5.41) is 0. The van der Waals surface area contributed by atoms with Gasteiger partial charge in [0.2, 0.25) is 0 Å². The topological polar surface area (TPSA) is 22.1 Å². The van der Waals surface area contributed by atoms with Crippen molar-refractivity contribution >= 4 is 15.9 Å². The predicted octanol–water partition coefficient (Wildman–Crippen LogP) is 4.16. The Morgan fingerprint density at radius 2 is 1.82 bits per heavy atom. The molecule has 2 aromatic rings. The molecule has 17 heavy (non-hydrogen) atoms. The SMILES string of the molecule is CC(C)(Oc1ccncc1)c1cccc(Br)c1. The summed E-state index contributed by atoms with van der Waals surface area (Å²) in [4.78, 5) is 3.97. The van der Waals surface area contributed by atoms with Crippen LogP contribution >= 0.6 is 15.9 Å². The minimum absolute atomic E-state index is 0.370. The molecule has 0 N–H and O–H groups in total. The molecule has 0 amide bonds. The van der Waals surface area contributed by atoms with E-state index in [0.717, 1.165) is 15.8 Å². The standard InChI is InChI=1S/C14H14BrNO/c1-14(2,11-4-3-5-12(15)10-11)17-13-6-8-16-9-7-13/h3-10H,1-2H3. The average Bonchev–Trinajstić information content (AvgIpc) is 2.30. The highest BCUT2D eigenvalue weighted by atomic mass is 79.9. The molecule has 0 aliphatic rings. The number of nitrogens with zero attached hydrogens (tertiary/aromatic N) is 1. The molecule has 0 bridgehead atoms. The molecule has 3 heteroatoms. The number of ether oxygens (including phenoxy) is 1. The van der Waals surface area contributed by atoms with E-state index in [1.54, 1.807) is 12.4 Å². The molecule has 1 aromatic heterocycles. The van der Waals surface area contributed by atoms with Crippen LogP contribution in [-0.4, -0.2) is 4.98 Å². The summed E-state index contributed by atoms with van der Waals surface area (Å²) >= 11 is 3.47. The Balaban J connectivity index is 2.25. The minimum atomic E-state index is -0.370. The van der Waals surface area contributed by atoms with Crippen molar-refractivity contribution in [1.29, 1.82) is 0 Å². The first-order valence-corrected chi connectivity index (χ1v) is 6.22. The fourth-order valence-corrected chi connectivity index (χ4v) is 2.02. The molecular weight excluding hydrogens is 278 g/mol. The Bertz CT molecular complexity index is 497. The highest BCUT2D eigenvalue weighted by Gasteiger charge is 2.22. The van der Waals surface area contributed by atoms with Gasteiger partial charge in [0.25, 0.3) is 0 Å². The zero-order chi connectivity index (χ0) is 12.3. The van der Waals surface area contributed by atoms with Gasteiger partial charge >= 0.3 is 0 Å². The highest BCUT2D eigenvalue weighted by molar-refractivity contribution is 9.10. The summed E-state index contributed by atoms with van der Waals surface area (Å²) in [6.45, 7) is 4.10. The van der Waals surface area contributed by atoms with Gasteiger partial charge in [0.1, 0.15) is 11.4 Å². The van der Waals surface area contributed by atoms with Gasteiger partial charge in [-0.15, -0.1) is 0 Å². The first-order chi connectivity index (χ1) is 8.08. The van der Waals surface area contributed by atoms with Gasteiger partial charge in [0, 0.05) is 16.9 Å². The third kappa shape index (κ3) is 3.07. The lowest BCUT2D eigenvalue weighted by Crippen LogP contribution is -2.25. The van der Waals surface area contributed by atoms with Crippen LogP contribution in [0.1, 0.15) is 19.4 Å². The maximum Gasteiger partial charge on any atom is 0.128 e. The highest BCUT2D eigenvalue weighted by Crippen LogP contribution is 2.28. The summed E-state index contributed by atoms with van der Waals surface area (Å²) in [6, 6.07) is 11.9.